The molecule has 2 saturated heterocycles. The zero-order valence-corrected chi connectivity index (χ0v) is 12.6. The van der Waals surface area contributed by atoms with E-state index in [9.17, 15) is 4.79 Å². The van der Waals surface area contributed by atoms with E-state index in [1.807, 2.05) is 0 Å². The van der Waals surface area contributed by atoms with Crippen LogP contribution in [0.1, 0.15) is 42.2 Å². The third-order valence-electron chi connectivity index (χ3n) is 5.73. The predicted molar refractivity (Wildman–Crippen MR) is 78.9 cm³/mol. The maximum absolute atomic E-state index is 12.5. The summed E-state index contributed by atoms with van der Waals surface area (Å²) < 4.78 is 5.15. The quantitative estimate of drug-likeness (QED) is 0.412. The Bertz CT molecular complexity index is 665. The standard InChI is InChI=1S/C17H15BrO2/c18-17-13-8-14(20-16(17)19)12-7-3-6-11(15(12)17)9-4-1-2-5-10(9)13/h1-2,4-5,7,11,13-15H,3,6,8H2/t11-,13+,14-,15+,17-/m0/s1. The normalized spacial score (nSPS) is 43.6. The van der Waals surface area contributed by atoms with Crippen molar-refractivity contribution >= 4 is 21.9 Å². The molecule has 6 rings (SSSR count). The highest BCUT2D eigenvalue weighted by Crippen LogP contribution is 2.66. The van der Waals surface area contributed by atoms with Crippen LogP contribution in [0.3, 0.4) is 0 Å². The van der Waals surface area contributed by atoms with Gasteiger partial charge in [-0.2, -0.15) is 0 Å². The molecule has 0 unspecified atom stereocenters. The summed E-state index contributed by atoms with van der Waals surface area (Å²) in [6, 6.07) is 8.71. The number of allylic oxidation sites excluding steroid dienone is 1. The summed E-state index contributed by atoms with van der Waals surface area (Å²) in [5.74, 6) is 0.998. The van der Waals surface area contributed by atoms with Gasteiger partial charge in [0.2, 0.25) is 0 Å². The number of esters is 1. The van der Waals surface area contributed by atoms with Crippen molar-refractivity contribution in [3.8, 4) is 0 Å². The Morgan fingerprint density at radius 2 is 2.05 bits per heavy atom. The number of alkyl halides is 1. The number of fused-ring (bicyclic) bond motifs is 3. The number of halogens is 1. The molecule has 0 radical (unpaired) electrons. The number of carbonyl (C=O) groups is 1. The van der Waals surface area contributed by atoms with E-state index in [0.29, 0.717) is 11.8 Å². The first kappa shape index (κ1) is 11.6. The van der Waals surface area contributed by atoms with Gasteiger partial charge in [-0.1, -0.05) is 46.3 Å². The molecule has 4 bridgehead atoms. The topological polar surface area (TPSA) is 26.3 Å². The number of rotatable bonds is 0. The van der Waals surface area contributed by atoms with Crippen LogP contribution in [0.4, 0.5) is 0 Å². The highest BCUT2D eigenvalue weighted by molar-refractivity contribution is 9.10. The Morgan fingerprint density at radius 1 is 1.25 bits per heavy atom. The van der Waals surface area contributed by atoms with E-state index < -0.39 is 4.32 Å². The minimum Gasteiger partial charge on any atom is -0.457 e. The number of hydrogen-bond donors (Lipinski definition) is 0. The van der Waals surface area contributed by atoms with Crippen LogP contribution in [0.5, 0.6) is 0 Å². The lowest BCUT2D eigenvalue weighted by Crippen LogP contribution is -2.63. The predicted octanol–water partition coefficient (Wildman–Crippen LogP) is 3.67. The van der Waals surface area contributed by atoms with Crippen molar-refractivity contribution in [2.24, 2.45) is 5.92 Å². The molecule has 1 aromatic carbocycles. The second-order valence-corrected chi connectivity index (χ2v) is 7.76. The summed E-state index contributed by atoms with van der Waals surface area (Å²) >= 11 is 3.85. The molecule has 2 aliphatic heterocycles. The van der Waals surface area contributed by atoms with Crippen LogP contribution in [-0.4, -0.2) is 16.4 Å². The van der Waals surface area contributed by atoms with E-state index in [4.69, 9.17) is 4.74 Å². The molecule has 2 nitrogen and oxygen atoms in total. The van der Waals surface area contributed by atoms with Gasteiger partial charge in [0.25, 0.3) is 0 Å². The van der Waals surface area contributed by atoms with Gasteiger partial charge in [-0.25, -0.2) is 0 Å². The Balaban J connectivity index is 1.85. The molecule has 5 aliphatic rings. The van der Waals surface area contributed by atoms with Crippen LogP contribution < -0.4 is 0 Å². The molecule has 20 heavy (non-hydrogen) atoms. The summed E-state index contributed by atoms with van der Waals surface area (Å²) in [5, 5.41) is 0. The molecule has 1 saturated carbocycles. The summed E-state index contributed by atoms with van der Waals surface area (Å²) in [6.45, 7) is 0. The third-order valence-corrected chi connectivity index (χ3v) is 7.10. The molecule has 3 aliphatic carbocycles. The van der Waals surface area contributed by atoms with E-state index in [1.54, 1.807) is 0 Å². The molecule has 0 aromatic heterocycles. The summed E-state index contributed by atoms with van der Waals surface area (Å²) in [5.41, 5.74) is 4.22. The Labute approximate surface area is 126 Å². The molecule has 0 amide bonds. The van der Waals surface area contributed by atoms with E-state index in [-0.39, 0.29) is 18.0 Å². The molecule has 0 spiro atoms. The van der Waals surface area contributed by atoms with Crippen LogP contribution in [0.25, 0.3) is 0 Å². The molecular formula is C17H15BrO2. The van der Waals surface area contributed by atoms with Crippen molar-refractivity contribution in [2.45, 2.75) is 41.5 Å². The monoisotopic (exact) mass is 330 g/mol. The lowest BCUT2D eigenvalue weighted by molar-refractivity contribution is -0.166. The van der Waals surface area contributed by atoms with Crippen LogP contribution in [0.15, 0.2) is 35.9 Å². The van der Waals surface area contributed by atoms with Crippen molar-refractivity contribution in [1.82, 2.24) is 0 Å². The van der Waals surface area contributed by atoms with Crippen molar-refractivity contribution in [1.29, 1.82) is 0 Å². The van der Waals surface area contributed by atoms with Crippen molar-refractivity contribution in [2.75, 3.05) is 0 Å². The minimum atomic E-state index is -0.521. The minimum absolute atomic E-state index is 0.0214. The maximum Gasteiger partial charge on any atom is 0.324 e. The first-order chi connectivity index (χ1) is 9.71. The highest BCUT2D eigenvalue weighted by Gasteiger charge is 2.67. The molecule has 0 N–H and O–H groups in total. The fraction of sp³-hybridized carbons (Fsp3) is 0.471. The maximum atomic E-state index is 12.5. The Morgan fingerprint density at radius 3 is 2.90 bits per heavy atom. The molecule has 102 valence electrons. The SMILES string of the molecule is O=C1O[C@H]2C[C@@H]3c4ccccc4[C@@H]4CCC=C2[C@@H]4[C@]13Br. The average Bonchev–Trinajstić information content (AvgIpc) is 2.48. The Hall–Kier alpha value is -1.09. The number of benzene rings is 1. The summed E-state index contributed by atoms with van der Waals surface area (Å²) in [6.07, 6.45) is 5.53. The zero-order valence-electron chi connectivity index (χ0n) is 11.0. The third kappa shape index (κ3) is 1.12. The van der Waals surface area contributed by atoms with Gasteiger partial charge in [-0.05, 0) is 41.9 Å². The molecule has 1 aromatic rings. The number of hydrogen-bond acceptors (Lipinski definition) is 2. The van der Waals surface area contributed by atoms with E-state index in [2.05, 4.69) is 46.3 Å². The van der Waals surface area contributed by atoms with Crippen molar-refractivity contribution in [3.05, 3.63) is 47.0 Å². The van der Waals surface area contributed by atoms with Gasteiger partial charge < -0.3 is 4.74 Å². The molecular weight excluding hydrogens is 316 g/mol. The number of ether oxygens (including phenoxy) is 1. The average molecular weight is 331 g/mol. The fourth-order valence-corrected chi connectivity index (χ4v) is 6.13. The summed E-state index contributed by atoms with van der Waals surface area (Å²) in [4.78, 5) is 12.5. The van der Waals surface area contributed by atoms with Gasteiger partial charge in [-0.3, -0.25) is 4.79 Å². The van der Waals surface area contributed by atoms with E-state index in [0.717, 1.165) is 19.3 Å². The van der Waals surface area contributed by atoms with Crippen LogP contribution in [-0.2, 0) is 9.53 Å². The lowest BCUT2D eigenvalue weighted by Gasteiger charge is -2.60. The number of carbonyl (C=O) groups excluding carboxylic acids is 1. The Kier molecular flexibility index (Phi) is 2.06. The second-order valence-electron chi connectivity index (χ2n) is 6.44. The van der Waals surface area contributed by atoms with Gasteiger partial charge in [-0.15, -0.1) is 0 Å². The highest BCUT2D eigenvalue weighted by atomic mass is 79.9. The van der Waals surface area contributed by atoms with Crippen LogP contribution in [0, 0.1) is 5.92 Å². The summed E-state index contributed by atoms with van der Waals surface area (Å²) in [7, 11) is 0. The van der Waals surface area contributed by atoms with Crippen molar-refractivity contribution in [3.63, 3.8) is 0 Å². The lowest BCUT2D eigenvalue weighted by atomic mass is 9.52. The molecule has 2 heterocycles. The van der Waals surface area contributed by atoms with Gasteiger partial charge in [0.1, 0.15) is 10.4 Å². The van der Waals surface area contributed by atoms with Gasteiger partial charge in [0, 0.05) is 11.8 Å². The van der Waals surface area contributed by atoms with E-state index in [1.165, 1.54) is 16.7 Å². The second kappa shape index (κ2) is 3.56. The van der Waals surface area contributed by atoms with Gasteiger partial charge in [0.05, 0.1) is 0 Å². The first-order valence-electron chi connectivity index (χ1n) is 7.40. The molecule has 5 atom stereocenters. The first-order valence-corrected chi connectivity index (χ1v) is 8.19. The van der Waals surface area contributed by atoms with Crippen LogP contribution in [0.2, 0.25) is 0 Å². The fourth-order valence-electron chi connectivity index (χ4n) is 5.02. The van der Waals surface area contributed by atoms with Gasteiger partial charge >= 0.3 is 5.97 Å². The van der Waals surface area contributed by atoms with E-state index >= 15 is 0 Å². The van der Waals surface area contributed by atoms with Crippen LogP contribution >= 0.6 is 15.9 Å². The smallest absolute Gasteiger partial charge is 0.324 e. The largest absolute Gasteiger partial charge is 0.457 e. The molecule has 3 heteroatoms. The van der Waals surface area contributed by atoms with Crippen molar-refractivity contribution < 1.29 is 9.53 Å². The zero-order chi connectivity index (χ0) is 13.5. The van der Waals surface area contributed by atoms with Gasteiger partial charge in [0.15, 0.2) is 0 Å². The molecule has 3 fully saturated rings.